The van der Waals surface area contributed by atoms with Crippen molar-refractivity contribution in [1.29, 1.82) is 0 Å². The third kappa shape index (κ3) is 4.91. The normalized spacial score (nSPS) is 12.0. The molecule has 0 aliphatic carbocycles. The Kier molecular flexibility index (Phi) is 6.03. The number of hydrogen-bond donors (Lipinski definition) is 3. The third-order valence-corrected chi connectivity index (χ3v) is 3.19. The van der Waals surface area contributed by atoms with Crippen LogP contribution in [0.5, 0.6) is 0 Å². The first-order valence-corrected chi connectivity index (χ1v) is 6.80. The molecule has 0 saturated heterocycles. The largest absolute Gasteiger partial charge is 0.478 e. The van der Waals surface area contributed by atoms with Crippen molar-refractivity contribution in [2.75, 3.05) is 0 Å². The molecule has 0 spiro atoms. The highest BCUT2D eigenvalue weighted by atomic mass is 16.4. The first-order chi connectivity index (χ1) is 9.43. The van der Waals surface area contributed by atoms with Crippen molar-refractivity contribution in [2.45, 2.75) is 39.8 Å². The summed E-state index contributed by atoms with van der Waals surface area (Å²) in [5.41, 5.74) is 0.982. The lowest BCUT2D eigenvalue weighted by Gasteiger charge is -2.20. The number of carbonyl (C=O) groups is 2. The zero-order valence-electron chi connectivity index (χ0n) is 12.1. The van der Waals surface area contributed by atoms with E-state index >= 15 is 0 Å². The zero-order chi connectivity index (χ0) is 15.1. The molecule has 0 radical (unpaired) electrons. The SMILES string of the molecule is CCC(NC(=O)NCc1cccc(C(=O)O)c1)C(C)C. The van der Waals surface area contributed by atoms with Gasteiger partial charge in [-0.1, -0.05) is 32.9 Å². The Bertz CT molecular complexity index is 472. The number of hydrogen-bond acceptors (Lipinski definition) is 2. The molecule has 0 saturated carbocycles. The smallest absolute Gasteiger partial charge is 0.335 e. The van der Waals surface area contributed by atoms with E-state index in [1.54, 1.807) is 18.2 Å². The summed E-state index contributed by atoms with van der Waals surface area (Å²) in [4.78, 5) is 22.6. The Hall–Kier alpha value is -2.04. The molecule has 1 atom stereocenters. The minimum Gasteiger partial charge on any atom is -0.478 e. The van der Waals surface area contributed by atoms with Gasteiger partial charge in [-0.3, -0.25) is 0 Å². The van der Waals surface area contributed by atoms with Gasteiger partial charge in [0.1, 0.15) is 0 Å². The molecule has 0 fully saturated rings. The maximum Gasteiger partial charge on any atom is 0.335 e. The van der Waals surface area contributed by atoms with Gasteiger partial charge in [0.2, 0.25) is 0 Å². The van der Waals surface area contributed by atoms with E-state index < -0.39 is 5.97 Å². The lowest BCUT2D eigenvalue weighted by molar-refractivity contribution is 0.0696. The number of carboxylic acid groups (broad SMARTS) is 1. The second-order valence-electron chi connectivity index (χ2n) is 5.09. The maximum atomic E-state index is 11.8. The number of benzene rings is 1. The van der Waals surface area contributed by atoms with Crippen molar-refractivity contribution in [3.05, 3.63) is 35.4 Å². The van der Waals surface area contributed by atoms with Crippen molar-refractivity contribution < 1.29 is 14.7 Å². The van der Waals surface area contributed by atoms with E-state index in [2.05, 4.69) is 24.5 Å². The summed E-state index contributed by atoms with van der Waals surface area (Å²) >= 11 is 0. The summed E-state index contributed by atoms with van der Waals surface area (Å²) in [6.07, 6.45) is 0.875. The van der Waals surface area contributed by atoms with Crippen LogP contribution in [0.4, 0.5) is 4.79 Å². The monoisotopic (exact) mass is 278 g/mol. The van der Waals surface area contributed by atoms with Crippen LogP contribution in [0.15, 0.2) is 24.3 Å². The highest BCUT2D eigenvalue weighted by molar-refractivity contribution is 5.87. The van der Waals surface area contributed by atoms with Crippen LogP contribution in [0, 0.1) is 5.92 Å². The van der Waals surface area contributed by atoms with Gasteiger partial charge in [0, 0.05) is 12.6 Å². The summed E-state index contributed by atoms with van der Waals surface area (Å²) in [6, 6.07) is 6.44. The highest BCUT2D eigenvalue weighted by Crippen LogP contribution is 2.06. The topological polar surface area (TPSA) is 78.4 Å². The second kappa shape index (κ2) is 7.53. The Morgan fingerprint density at radius 2 is 2.00 bits per heavy atom. The quantitative estimate of drug-likeness (QED) is 0.748. The van der Waals surface area contributed by atoms with E-state index in [9.17, 15) is 9.59 Å². The molecule has 5 nitrogen and oxygen atoms in total. The summed E-state index contributed by atoms with van der Waals surface area (Å²) in [5.74, 6) is -0.594. The Balaban J connectivity index is 2.52. The molecule has 0 aliphatic rings. The molecule has 1 aromatic carbocycles. The fraction of sp³-hybridized carbons (Fsp3) is 0.467. The number of nitrogens with one attached hydrogen (secondary N) is 2. The van der Waals surface area contributed by atoms with E-state index in [0.717, 1.165) is 12.0 Å². The zero-order valence-corrected chi connectivity index (χ0v) is 12.1. The average Bonchev–Trinajstić information content (AvgIpc) is 2.42. The number of carboxylic acids is 1. The van der Waals surface area contributed by atoms with Gasteiger partial charge in [-0.15, -0.1) is 0 Å². The summed E-state index contributed by atoms with van der Waals surface area (Å²) in [5, 5.41) is 14.5. The molecule has 20 heavy (non-hydrogen) atoms. The molecule has 5 heteroatoms. The minimum absolute atomic E-state index is 0.139. The van der Waals surface area contributed by atoms with Crippen LogP contribution in [0.25, 0.3) is 0 Å². The van der Waals surface area contributed by atoms with Gasteiger partial charge in [0.25, 0.3) is 0 Å². The predicted octanol–water partition coefficient (Wildman–Crippen LogP) is 2.62. The fourth-order valence-corrected chi connectivity index (χ4v) is 1.96. The Morgan fingerprint density at radius 3 is 2.55 bits per heavy atom. The van der Waals surface area contributed by atoms with Crippen LogP contribution in [0.3, 0.4) is 0 Å². The summed E-state index contributed by atoms with van der Waals surface area (Å²) in [6.45, 7) is 6.46. The van der Waals surface area contributed by atoms with Crippen LogP contribution < -0.4 is 10.6 Å². The molecule has 3 N–H and O–H groups in total. The number of amides is 2. The van der Waals surface area contributed by atoms with Crippen molar-refractivity contribution in [3.63, 3.8) is 0 Å². The number of rotatable bonds is 6. The van der Waals surface area contributed by atoms with E-state index in [0.29, 0.717) is 12.5 Å². The van der Waals surface area contributed by atoms with Crippen LogP contribution in [0.2, 0.25) is 0 Å². The molecule has 1 unspecified atom stereocenters. The molecular weight excluding hydrogens is 256 g/mol. The van der Waals surface area contributed by atoms with Gasteiger partial charge in [-0.2, -0.15) is 0 Å². The van der Waals surface area contributed by atoms with E-state index in [-0.39, 0.29) is 17.6 Å². The van der Waals surface area contributed by atoms with Crippen molar-refractivity contribution in [2.24, 2.45) is 5.92 Å². The number of urea groups is 1. The predicted molar refractivity (Wildman–Crippen MR) is 77.7 cm³/mol. The van der Waals surface area contributed by atoms with Gasteiger partial charge in [0.15, 0.2) is 0 Å². The lowest BCUT2D eigenvalue weighted by atomic mass is 10.0. The van der Waals surface area contributed by atoms with Crippen molar-refractivity contribution >= 4 is 12.0 Å². The Morgan fingerprint density at radius 1 is 1.30 bits per heavy atom. The van der Waals surface area contributed by atoms with E-state index in [4.69, 9.17) is 5.11 Å². The van der Waals surface area contributed by atoms with Gasteiger partial charge in [-0.25, -0.2) is 9.59 Å². The molecular formula is C15H22N2O3. The summed E-state index contributed by atoms with van der Waals surface area (Å²) in [7, 11) is 0. The highest BCUT2D eigenvalue weighted by Gasteiger charge is 2.13. The van der Waals surface area contributed by atoms with Crippen molar-refractivity contribution in [3.8, 4) is 0 Å². The molecule has 0 aliphatic heterocycles. The van der Waals surface area contributed by atoms with Crippen molar-refractivity contribution in [1.82, 2.24) is 10.6 Å². The first kappa shape index (κ1) is 16.0. The van der Waals surface area contributed by atoms with Crippen LogP contribution in [-0.2, 0) is 6.54 Å². The van der Waals surface area contributed by atoms with E-state index in [1.165, 1.54) is 6.07 Å². The van der Waals surface area contributed by atoms with Gasteiger partial charge in [0.05, 0.1) is 5.56 Å². The number of aromatic carboxylic acids is 1. The molecule has 1 aromatic rings. The average molecular weight is 278 g/mol. The minimum atomic E-state index is -0.970. The molecule has 0 bridgehead atoms. The molecule has 0 heterocycles. The second-order valence-corrected chi connectivity index (χ2v) is 5.09. The molecule has 2 amide bonds. The lowest BCUT2D eigenvalue weighted by Crippen LogP contribution is -2.43. The van der Waals surface area contributed by atoms with Gasteiger partial charge < -0.3 is 15.7 Å². The van der Waals surface area contributed by atoms with Gasteiger partial charge in [-0.05, 0) is 30.0 Å². The molecule has 1 rings (SSSR count). The molecule has 0 aromatic heterocycles. The van der Waals surface area contributed by atoms with E-state index in [1.807, 2.05) is 6.92 Å². The molecule has 110 valence electrons. The van der Waals surface area contributed by atoms with Gasteiger partial charge >= 0.3 is 12.0 Å². The maximum absolute atomic E-state index is 11.8. The third-order valence-electron chi connectivity index (χ3n) is 3.19. The van der Waals surface area contributed by atoms with Crippen LogP contribution in [0.1, 0.15) is 43.1 Å². The standard InChI is InChI=1S/C15H22N2O3/c1-4-13(10(2)3)17-15(20)16-9-11-6-5-7-12(8-11)14(18)19/h5-8,10,13H,4,9H2,1-3H3,(H,18,19)(H2,16,17,20). The first-order valence-electron chi connectivity index (χ1n) is 6.80. The van der Waals surface area contributed by atoms with Crippen LogP contribution in [-0.4, -0.2) is 23.1 Å². The fourth-order valence-electron chi connectivity index (χ4n) is 1.96. The summed E-state index contributed by atoms with van der Waals surface area (Å²) < 4.78 is 0. The number of carbonyl (C=O) groups excluding carboxylic acids is 1. The van der Waals surface area contributed by atoms with Crippen LogP contribution >= 0.6 is 0 Å². The Labute approximate surface area is 119 Å².